The largest absolute Gasteiger partial charge is 0.343 e. The molecule has 1 aromatic heterocycles. The molecule has 0 aliphatic carbocycles. The Hall–Kier alpha value is -1.68. The fraction of sp³-hybridized carbons (Fsp3) is 0.450. The maximum Gasteiger partial charge on any atom is 0.255 e. The van der Waals surface area contributed by atoms with E-state index in [1.807, 2.05) is 22.7 Å². The van der Waals surface area contributed by atoms with Crippen molar-refractivity contribution in [3.05, 3.63) is 47.7 Å². The van der Waals surface area contributed by atoms with Crippen LogP contribution in [-0.4, -0.2) is 40.5 Å². The first kappa shape index (κ1) is 17.2. The van der Waals surface area contributed by atoms with Crippen molar-refractivity contribution in [3.63, 3.8) is 0 Å². The maximum absolute atomic E-state index is 13.0. The van der Waals surface area contributed by atoms with Crippen molar-refractivity contribution >= 4 is 17.7 Å². The normalized spacial score (nSPS) is 14.8. The number of aromatic nitrogens is 1. The Balaban J connectivity index is 1.97. The van der Waals surface area contributed by atoms with Gasteiger partial charge in [-0.3, -0.25) is 4.79 Å². The highest BCUT2D eigenvalue weighted by Gasteiger charge is 2.23. The van der Waals surface area contributed by atoms with E-state index in [1.54, 1.807) is 0 Å². The van der Waals surface area contributed by atoms with Gasteiger partial charge >= 0.3 is 0 Å². The first-order valence-electron chi connectivity index (χ1n) is 8.76. The summed E-state index contributed by atoms with van der Waals surface area (Å²) in [5.41, 5.74) is 4.30. The second-order valence-electron chi connectivity index (χ2n) is 6.39. The Morgan fingerprint density at radius 3 is 2.50 bits per heavy atom. The Labute approximate surface area is 149 Å². The van der Waals surface area contributed by atoms with Gasteiger partial charge in [-0.1, -0.05) is 30.3 Å². The molecule has 0 unspecified atom stereocenters. The van der Waals surface area contributed by atoms with E-state index < -0.39 is 0 Å². The van der Waals surface area contributed by atoms with E-state index in [4.69, 9.17) is 0 Å². The molecule has 0 saturated carbocycles. The van der Waals surface area contributed by atoms with Gasteiger partial charge in [0.15, 0.2) is 0 Å². The lowest BCUT2D eigenvalue weighted by atomic mass is 10.1. The molecular weight excluding hydrogens is 316 g/mol. The van der Waals surface area contributed by atoms with Crippen LogP contribution in [0, 0.1) is 6.92 Å². The number of hydrogen-bond acceptors (Lipinski definition) is 2. The van der Waals surface area contributed by atoms with Crippen LogP contribution in [0.15, 0.2) is 36.4 Å². The lowest BCUT2D eigenvalue weighted by Crippen LogP contribution is -2.35. The molecule has 1 fully saturated rings. The third kappa shape index (κ3) is 3.54. The summed E-state index contributed by atoms with van der Waals surface area (Å²) in [6.45, 7) is 4.82. The molecule has 1 aliphatic rings. The predicted molar refractivity (Wildman–Crippen MR) is 103 cm³/mol. The van der Waals surface area contributed by atoms with Gasteiger partial charge in [0.25, 0.3) is 5.91 Å². The van der Waals surface area contributed by atoms with Crippen LogP contribution >= 0.6 is 11.8 Å². The molecule has 0 bridgehead atoms. The molecule has 2 heterocycles. The number of likely N-dealkylation sites (tertiary alicyclic amines) is 1. The van der Waals surface area contributed by atoms with Gasteiger partial charge in [0, 0.05) is 36.8 Å². The molecule has 0 radical (unpaired) electrons. The molecule has 2 aromatic rings. The van der Waals surface area contributed by atoms with E-state index in [9.17, 15) is 4.79 Å². The van der Waals surface area contributed by atoms with Gasteiger partial charge in [0.2, 0.25) is 0 Å². The first-order chi connectivity index (χ1) is 11.7. The number of thioether (sulfide) groups is 1. The maximum atomic E-state index is 13.0. The fourth-order valence-electron chi connectivity index (χ4n) is 3.45. The zero-order valence-corrected chi connectivity index (χ0v) is 15.4. The second-order valence-corrected chi connectivity index (χ2v) is 7.38. The number of piperidine rings is 1. The third-order valence-corrected chi connectivity index (χ3v) is 5.42. The summed E-state index contributed by atoms with van der Waals surface area (Å²) < 4.78 is 2.31. The molecule has 0 atom stereocenters. The van der Waals surface area contributed by atoms with Crippen LogP contribution in [0.25, 0.3) is 11.3 Å². The van der Waals surface area contributed by atoms with E-state index >= 15 is 0 Å². The minimum atomic E-state index is 0.201. The number of amides is 1. The quantitative estimate of drug-likeness (QED) is 0.802. The van der Waals surface area contributed by atoms with Gasteiger partial charge in [-0.15, -0.1) is 0 Å². The predicted octanol–water partition coefficient (Wildman–Crippen LogP) is 4.45. The number of carbonyl (C=O) groups excluding carboxylic acids is 1. The zero-order chi connectivity index (χ0) is 16.9. The number of hydrogen-bond donors (Lipinski definition) is 0. The van der Waals surface area contributed by atoms with E-state index in [1.165, 1.54) is 12.0 Å². The van der Waals surface area contributed by atoms with Crippen molar-refractivity contribution in [2.45, 2.75) is 32.7 Å². The highest BCUT2D eigenvalue weighted by atomic mass is 32.2. The van der Waals surface area contributed by atoms with Crippen LogP contribution in [0.1, 0.15) is 35.3 Å². The molecule has 1 aromatic carbocycles. The average Bonchev–Trinajstić information content (AvgIpc) is 2.97. The van der Waals surface area contributed by atoms with Crippen molar-refractivity contribution in [3.8, 4) is 11.3 Å². The van der Waals surface area contributed by atoms with Crippen LogP contribution in [0.4, 0.5) is 0 Å². The van der Waals surface area contributed by atoms with E-state index in [2.05, 4.69) is 48.1 Å². The van der Waals surface area contributed by atoms with E-state index in [-0.39, 0.29) is 5.91 Å². The van der Waals surface area contributed by atoms with Crippen LogP contribution in [0.5, 0.6) is 0 Å². The molecule has 1 saturated heterocycles. The Kier molecular flexibility index (Phi) is 5.67. The molecule has 4 heteroatoms. The summed E-state index contributed by atoms with van der Waals surface area (Å²) in [7, 11) is 0. The Morgan fingerprint density at radius 2 is 1.83 bits per heavy atom. The monoisotopic (exact) mass is 342 g/mol. The SMILES string of the molecule is CSCCn1c(-c2ccccc2)cc(C(=O)N2CCCCC2)c1C. The van der Waals surface area contributed by atoms with Crippen molar-refractivity contribution in [2.24, 2.45) is 0 Å². The lowest BCUT2D eigenvalue weighted by molar-refractivity contribution is 0.0723. The average molecular weight is 343 g/mol. The van der Waals surface area contributed by atoms with Crippen LogP contribution in [0.2, 0.25) is 0 Å². The van der Waals surface area contributed by atoms with Crippen molar-refractivity contribution in [2.75, 3.05) is 25.1 Å². The standard InChI is InChI=1S/C20H26N2OS/c1-16-18(20(23)21-11-7-4-8-12-21)15-19(22(16)13-14-24-2)17-9-5-3-6-10-17/h3,5-6,9-10,15H,4,7-8,11-14H2,1-2H3. The molecule has 1 aliphatic heterocycles. The minimum absolute atomic E-state index is 0.201. The number of nitrogens with zero attached hydrogens (tertiary/aromatic N) is 2. The minimum Gasteiger partial charge on any atom is -0.343 e. The molecule has 24 heavy (non-hydrogen) atoms. The second kappa shape index (κ2) is 7.93. The van der Waals surface area contributed by atoms with Gasteiger partial charge in [-0.25, -0.2) is 0 Å². The van der Waals surface area contributed by atoms with E-state index in [0.717, 1.165) is 55.2 Å². The van der Waals surface area contributed by atoms with Crippen LogP contribution in [0.3, 0.4) is 0 Å². The van der Waals surface area contributed by atoms with Crippen LogP contribution < -0.4 is 0 Å². The van der Waals surface area contributed by atoms with Crippen molar-refractivity contribution < 1.29 is 4.79 Å². The summed E-state index contributed by atoms with van der Waals surface area (Å²) in [6, 6.07) is 12.5. The highest BCUT2D eigenvalue weighted by Crippen LogP contribution is 2.28. The lowest BCUT2D eigenvalue weighted by Gasteiger charge is -2.26. The van der Waals surface area contributed by atoms with Gasteiger partial charge in [0.05, 0.1) is 5.56 Å². The molecule has 1 amide bonds. The topological polar surface area (TPSA) is 25.2 Å². The summed E-state index contributed by atoms with van der Waals surface area (Å²) in [6.07, 6.45) is 5.63. The van der Waals surface area contributed by atoms with Gasteiger partial charge in [-0.05, 0) is 44.1 Å². The number of carbonyl (C=O) groups is 1. The molecule has 3 nitrogen and oxygen atoms in total. The molecule has 128 valence electrons. The van der Waals surface area contributed by atoms with Crippen molar-refractivity contribution in [1.29, 1.82) is 0 Å². The first-order valence-corrected chi connectivity index (χ1v) is 10.2. The van der Waals surface area contributed by atoms with Gasteiger partial charge < -0.3 is 9.47 Å². The number of rotatable bonds is 5. The Bertz CT molecular complexity index is 687. The zero-order valence-electron chi connectivity index (χ0n) is 14.6. The van der Waals surface area contributed by atoms with Crippen molar-refractivity contribution in [1.82, 2.24) is 9.47 Å². The highest BCUT2D eigenvalue weighted by molar-refractivity contribution is 7.98. The van der Waals surface area contributed by atoms with Crippen LogP contribution in [-0.2, 0) is 6.54 Å². The smallest absolute Gasteiger partial charge is 0.255 e. The summed E-state index contributed by atoms with van der Waals surface area (Å²) in [4.78, 5) is 15.0. The summed E-state index contributed by atoms with van der Waals surface area (Å²) in [5, 5.41) is 0. The number of benzene rings is 1. The van der Waals surface area contributed by atoms with E-state index in [0.29, 0.717) is 0 Å². The fourth-order valence-corrected chi connectivity index (χ4v) is 3.81. The molecule has 0 N–H and O–H groups in total. The molecular formula is C20H26N2OS. The van der Waals surface area contributed by atoms with Gasteiger partial charge in [-0.2, -0.15) is 11.8 Å². The summed E-state index contributed by atoms with van der Waals surface area (Å²) >= 11 is 1.84. The van der Waals surface area contributed by atoms with Gasteiger partial charge in [0.1, 0.15) is 0 Å². The summed E-state index contributed by atoms with van der Waals surface area (Å²) in [5.74, 6) is 1.25. The molecule has 0 spiro atoms. The molecule has 3 rings (SSSR count). The Morgan fingerprint density at radius 1 is 1.12 bits per heavy atom. The third-order valence-electron chi connectivity index (χ3n) is 4.83.